The maximum atomic E-state index is 13.4. The van der Waals surface area contributed by atoms with E-state index in [4.69, 9.17) is 4.74 Å². The first-order valence-corrected chi connectivity index (χ1v) is 13.0. The van der Waals surface area contributed by atoms with Gasteiger partial charge in [-0.25, -0.2) is 4.79 Å². The molecule has 0 atom stereocenters. The molecule has 0 aliphatic heterocycles. The molecule has 0 aromatic heterocycles. The van der Waals surface area contributed by atoms with Crippen molar-refractivity contribution in [3.05, 3.63) is 12.2 Å². The molecule has 0 aromatic carbocycles. The van der Waals surface area contributed by atoms with Crippen LogP contribution < -0.4 is 0 Å². The molecule has 0 heterocycles. The van der Waals surface area contributed by atoms with Gasteiger partial charge in [0.05, 0.1) is 6.61 Å². The van der Waals surface area contributed by atoms with E-state index in [2.05, 4.69) is 0 Å². The summed E-state index contributed by atoms with van der Waals surface area (Å²) in [4.78, 5) is 11.1. The third-order valence-corrected chi connectivity index (χ3v) is 5.76. The number of hydrogen-bond acceptors (Lipinski definition) is 2. The zero-order valence-electron chi connectivity index (χ0n) is 16.2. The summed E-state index contributed by atoms with van der Waals surface area (Å²) >= 11 is 0. The van der Waals surface area contributed by atoms with Gasteiger partial charge in [-0.3, -0.25) is 0 Å². The van der Waals surface area contributed by atoms with Crippen LogP contribution in [0.1, 0.15) is 84.0 Å². The SMILES string of the molecule is CC=CC(=O)OCCCCCCCCCCCCCC[Si](C)(C)F. The molecule has 0 fully saturated rings. The van der Waals surface area contributed by atoms with Gasteiger partial charge >= 0.3 is 5.97 Å². The second-order valence-corrected chi connectivity index (χ2v) is 11.3. The summed E-state index contributed by atoms with van der Waals surface area (Å²) in [5.74, 6) is -0.229. The highest BCUT2D eigenvalue weighted by Crippen LogP contribution is 2.17. The molecule has 0 rings (SSSR count). The first-order chi connectivity index (χ1) is 11.5. The minimum absolute atomic E-state index is 0.229. The van der Waals surface area contributed by atoms with E-state index in [-0.39, 0.29) is 5.97 Å². The van der Waals surface area contributed by atoms with E-state index in [1.165, 1.54) is 63.9 Å². The number of esters is 1. The van der Waals surface area contributed by atoms with Crippen LogP contribution in [0.4, 0.5) is 4.11 Å². The molecular weight excluding hydrogens is 319 g/mol. The molecule has 0 aliphatic carbocycles. The fourth-order valence-electron chi connectivity index (χ4n) is 2.77. The highest BCUT2D eigenvalue weighted by atomic mass is 28.4. The van der Waals surface area contributed by atoms with Gasteiger partial charge in [0.25, 0.3) is 0 Å². The average molecular weight is 359 g/mol. The maximum Gasteiger partial charge on any atom is 0.330 e. The zero-order valence-corrected chi connectivity index (χ0v) is 17.2. The highest BCUT2D eigenvalue weighted by Gasteiger charge is 2.18. The van der Waals surface area contributed by atoms with Gasteiger partial charge in [-0.2, -0.15) is 0 Å². The van der Waals surface area contributed by atoms with E-state index in [1.54, 1.807) is 6.08 Å². The van der Waals surface area contributed by atoms with E-state index in [9.17, 15) is 8.90 Å². The van der Waals surface area contributed by atoms with E-state index in [0.29, 0.717) is 6.61 Å². The Kier molecular flexibility index (Phi) is 15.4. The smallest absolute Gasteiger partial charge is 0.330 e. The van der Waals surface area contributed by atoms with Crippen molar-refractivity contribution in [2.75, 3.05) is 6.61 Å². The van der Waals surface area contributed by atoms with Crippen LogP contribution in [0.5, 0.6) is 0 Å². The lowest BCUT2D eigenvalue weighted by molar-refractivity contribution is -0.137. The first kappa shape index (κ1) is 23.4. The van der Waals surface area contributed by atoms with Crippen molar-refractivity contribution in [2.24, 2.45) is 0 Å². The molecule has 4 heteroatoms. The van der Waals surface area contributed by atoms with Crippen molar-refractivity contribution in [1.82, 2.24) is 0 Å². The third kappa shape index (κ3) is 19.4. The van der Waals surface area contributed by atoms with E-state index < -0.39 is 8.41 Å². The van der Waals surface area contributed by atoms with Crippen molar-refractivity contribution in [3.63, 3.8) is 0 Å². The Hall–Kier alpha value is -0.643. The van der Waals surface area contributed by atoms with Crippen molar-refractivity contribution >= 4 is 14.4 Å². The van der Waals surface area contributed by atoms with Crippen LogP contribution in [-0.2, 0) is 9.53 Å². The zero-order chi connectivity index (χ0) is 18.1. The van der Waals surface area contributed by atoms with Crippen LogP contribution in [0.15, 0.2) is 12.2 Å². The minimum Gasteiger partial charge on any atom is -0.463 e. The molecule has 0 saturated carbocycles. The highest BCUT2D eigenvalue weighted by molar-refractivity contribution is 6.70. The molecule has 0 spiro atoms. The summed E-state index contributed by atoms with van der Waals surface area (Å²) in [6.45, 7) is 5.98. The number of rotatable bonds is 16. The number of hydrogen-bond donors (Lipinski definition) is 0. The summed E-state index contributed by atoms with van der Waals surface area (Å²) in [5.41, 5.74) is 0. The Morgan fingerprint density at radius 2 is 1.25 bits per heavy atom. The first-order valence-electron chi connectivity index (χ1n) is 9.94. The number of halogens is 1. The summed E-state index contributed by atoms with van der Waals surface area (Å²) < 4.78 is 18.5. The quantitative estimate of drug-likeness (QED) is 0.0979. The number of carbonyl (C=O) groups excluding carboxylic acids is 1. The summed E-state index contributed by atoms with van der Waals surface area (Å²) in [5, 5.41) is 0. The maximum absolute atomic E-state index is 13.4. The Morgan fingerprint density at radius 1 is 0.833 bits per heavy atom. The van der Waals surface area contributed by atoms with Crippen molar-refractivity contribution < 1.29 is 13.6 Å². The van der Waals surface area contributed by atoms with E-state index >= 15 is 0 Å². The summed E-state index contributed by atoms with van der Waals surface area (Å²) in [6, 6.07) is 0.835. The van der Waals surface area contributed by atoms with Crippen LogP contribution in [0.25, 0.3) is 0 Å². The van der Waals surface area contributed by atoms with Crippen LogP contribution >= 0.6 is 0 Å². The number of allylic oxidation sites excluding steroid dienone is 1. The lowest BCUT2D eigenvalue weighted by atomic mass is 10.1. The number of ether oxygens (including phenoxy) is 1. The third-order valence-electron chi connectivity index (χ3n) is 4.21. The van der Waals surface area contributed by atoms with Crippen LogP contribution in [-0.4, -0.2) is 21.0 Å². The van der Waals surface area contributed by atoms with Crippen molar-refractivity contribution in [2.45, 2.75) is 103 Å². The predicted molar refractivity (Wildman–Crippen MR) is 105 cm³/mol. The van der Waals surface area contributed by atoms with Crippen LogP contribution in [0.3, 0.4) is 0 Å². The molecule has 0 N–H and O–H groups in total. The van der Waals surface area contributed by atoms with Gasteiger partial charge in [0.15, 0.2) is 0 Å². The fraction of sp³-hybridized carbons (Fsp3) is 0.850. The van der Waals surface area contributed by atoms with Crippen LogP contribution in [0.2, 0.25) is 19.1 Å². The minimum atomic E-state index is -2.30. The Labute approximate surface area is 150 Å². The summed E-state index contributed by atoms with van der Waals surface area (Å²) in [6.07, 6.45) is 18.0. The lowest BCUT2D eigenvalue weighted by Gasteiger charge is -2.09. The normalized spacial score (nSPS) is 12.0. The second-order valence-electron chi connectivity index (χ2n) is 7.38. The molecule has 24 heavy (non-hydrogen) atoms. The molecule has 0 unspecified atom stereocenters. The molecule has 0 aromatic rings. The van der Waals surface area contributed by atoms with Gasteiger partial charge < -0.3 is 8.84 Å². The summed E-state index contributed by atoms with van der Waals surface area (Å²) in [7, 11) is -2.30. The molecule has 0 radical (unpaired) electrons. The van der Waals surface area contributed by atoms with Gasteiger partial charge in [0.2, 0.25) is 8.41 Å². The fourth-order valence-corrected chi connectivity index (χ4v) is 3.86. The molecular formula is C20H39FO2Si. The van der Waals surface area contributed by atoms with Gasteiger partial charge in [0.1, 0.15) is 0 Å². The standard InChI is InChI=1S/C20H39FO2Si/c1-4-17-20(22)23-18-15-13-11-9-7-5-6-8-10-12-14-16-19-24(2,3)21/h4,17H,5-16,18-19H2,1-3H3. The van der Waals surface area contributed by atoms with E-state index in [0.717, 1.165) is 25.3 Å². The topological polar surface area (TPSA) is 26.3 Å². The molecule has 0 saturated heterocycles. The second kappa shape index (κ2) is 15.9. The molecule has 0 amide bonds. The van der Waals surface area contributed by atoms with Crippen molar-refractivity contribution in [1.29, 1.82) is 0 Å². The monoisotopic (exact) mass is 358 g/mol. The largest absolute Gasteiger partial charge is 0.463 e. The van der Waals surface area contributed by atoms with Gasteiger partial charge in [-0.05, 0) is 32.5 Å². The number of unbranched alkanes of at least 4 members (excludes halogenated alkanes) is 11. The molecule has 2 nitrogen and oxygen atoms in total. The lowest BCUT2D eigenvalue weighted by Crippen LogP contribution is -2.16. The average Bonchev–Trinajstić information content (AvgIpc) is 2.50. The van der Waals surface area contributed by atoms with Gasteiger partial charge in [0, 0.05) is 6.08 Å². The van der Waals surface area contributed by atoms with Crippen molar-refractivity contribution in [3.8, 4) is 0 Å². The predicted octanol–water partition coefficient (Wildman–Crippen LogP) is 6.96. The Morgan fingerprint density at radius 3 is 1.67 bits per heavy atom. The molecule has 142 valence electrons. The van der Waals surface area contributed by atoms with Gasteiger partial charge in [-0.1, -0.05) is 76.7 Å². The number of carbonyl (C=O) groups is 1. The molecule has 0 aliphatic rings. The van der Waals surface area contributed by atoms with Crippen LogP contribution in [0, 0.1) is 0 Å². The van der Waals surface area contributed by atoms with E-state index in [1.807, 2.05) is 20.0 Å². The molecule has 0 bridgehead atoms. The van der Waals surface area contributed by atoms with Gasteiger partial charge in [-0.15, -0.1) is 0 Å². The Bertz CT molecular complexity index is 324. The Balaban J connectivity index is 3.11.